The first-order chi connectivity index (χ1) is 13.2. The van der Waals surface area contributed by atoms with Crippen LogP contribution in [-0.4, -0.2) is 16.0 Å². The minimum absolute atomic E-state index is 0.00318. The van der Waals surface area contributed by atoms with Gasteiger partial charge in [-0.05, 0) is 24.3 Å². The van der Waals surface area contributed by atoms with E-state index in [1.807, 2.05) is 0 Å². The van der Waals surface area contributed by atoms with Crippen LogP contribution >= 0.6 is 0 Å². The largest absolute Gasteiger partial charge is 0.416 e. The number of hydrogen-bond donors (Lipinski definition) is 1. The molecule has 2 aromatic carbocycles. The SMILES string of the molecule is O=C(CCc1nc(-c2cccc(C(F)(F)F)c2)no1)Nc1c(F)cccc1F. The summed E-state index contributed by atoms with van der Waals surface area (Å²) < 4.78 is 70.3. The van der Waals surface area contributed by atoms with Gasteiger partial charge in [-0.15, -0.1) is 0 Å². The van der Waals surface area contributed by atoms with Crippen LogP contribution in [-0.2, 0) is 17.4 Å². The van der Waals surface area contributed by atoms with Crippen molar-refractivity contribution in [1.82, 2.24) is 10.1 Å². The van der Waals surface area contributed by atoms with E-state index in [1.54, 1.807) is 0 Å². The number of nitrogens with one attached hydrogen (secondary N) is 1. The Kier molecular flexibility index (Phi) is 5.39. The summed E-state index contributed by atoms with van der Waals surface area (Å²) in [7, 11) is 0. The van der Waals surface area contributed by atoms with Gasteiger partial charge in [-0.2, -0.15) is 18.2 Å². The second-order valence-corrected chi connectivity index (χ2v) is 5.74. The summed E-state index contributed by atoms with van der Waals surface area (Å²) in [5, 5.41) is 5.70. The molecule has 0 saturated heterocycles. The lowest BCUT2D eigenvalue weighted by molar-refractivity contribution is -0.137. The maximum absolute atomic E-state index is 13.5. The Hall–Kier alpha value is -3.30. The van der Waals surface area contributed by atoms with Crippen LogP contribution in [0.25, 0.3) is 11.4 Å². The van der Waals surface area contributed by atoms with E-state index >= 15 is 0 Å². The number of hydrogen-bond acceptors (Lipinski definition) is 4. The number of aromatic nitrogens is 2. The maximum Gasteiger partial charge on any atom is 0.416 e. The molecule has 0 atom stereocenters. The highest BCUT2D eigenvalue weighted by atomic mass is 19.4. The number of aryl methyl sites for hydroxylation is 1. The van der Waals surface area contributed by atoms with Gasteiger partial charge in [0.2, 0.25) is 17.6 Å². The molecule has 0 spiro atoms. The predicted molar refractivity (Wildman–Crippen MR) is 88.0 cm³/mol. The van der Waals surface area contributed by atoms with Crippen LogP contribution in [0.4, 0.5) is 27.6 Å². The van der Waals surface area contributed by atoms with Gasteiger partial charge in [0.05, 0.1) is 5.56 Å². The van der Waals surface area contributed by atoms with Gasteiger partial charge < -0.3 is 9.84 Å². The third-order valence-corrected chi connectivity index (χ3v) is 3.71. The number of rotatable bonds is 5. The van der Waals surface area contributed by atoms with Crippen LogP contribution in [0, 0.1) is 11.6 Å². The Morgan fingerprint density at radius 3 is 2.43 bits per heavy atom. The highest BCUT2D eigenvalue weighted by molar-refractivity contribution is 5.91. The van der Waals surface area contributed by atoms with Crippen molar-refractivity contribution in [3.05, 3.63) is 65.6 Å². The Bertz CT molecular complexity index is 981. The summed E-state index contributed by atoms with van der Waals surface area (Å²) in [6.07, 6.45) is -4.80. The zero-order chi connectivity index (χ0) is 20.3. The first kappa shape index (κ1) is 19.5. The molecule has 0 aliphatic rings. The van der Waals surface area contributed by atoms with Crippen molar-refractivity contribution in [2.24, 2.45) is 0 Å². The van der Waals surface area contributed by atoms with Crippen molar-refractivity contribution in [3.8, 4) is 11.4 Å². The molecule has 1 N–H and O–H groups in total. The minimum atomic E-state index is -4.51. The molecule has 0 saturated carbocycles. The van der Waals surface area contributed by atoms with Crippen molar-refractivity contribution in [1.29, 1.82) is 0 Å². The quantitative estimate of drug-likeness (QED) is 0.639. The van der Waals surface area contributed by atoms with E-state index in [2.05, 4.69) is 15.5 Å². The number of nitrogens with zero attached hydrogens (tertiary/aromatic N) is 2. The summed E-state index contributed by atoms with van der Waals surface area (Å²) in [5.41, 5.74) is -1.33. The van der Waals surface area contributed by atoms with Gasteiger partial charge in [0.15, 0.2) is 0 Å². The van der Waals surface area contributed by atoms with Crippen LogP contribution in [0.15, 0.2) is 47.0 Å². The fourth-order valence-electron chi connectivity index (χ4n) is 2.35. The molecule has 5 nitrogen and oxygen atoms in total. The number of para-hydroxylation sites is 1. The molecule has 1 heterocycles. The highest BCUT2D eigenvalue weighted by Crippen LogP contribution is 2.31. The second-order valence-electron chi connectivity index (χ2n) is 5.74. The average molecular weight is 397 g/mol. The molecule has 28 heavy (non-hydrogen) atoms. The monoisotopic (exact) mass is 397 g/mol. The molecule has 0 unspecified atom stereocenters. The van der Waals surface area contributed by atoms with Crippen LogP contribution in [0.1, 0.15) is 17.9 Å². The number of halogens is 5. The van der Waals surface area contributed by atoms with Crippen molar-refractivity contribution in [2.45, 2.75) is 19.0 Å². The molecule has 10 heteroatoms. The van der Waals surface area contributed by atoms with E-state index in [1.165, 1.54) is 12.1 Å². The number of anilines is 1. The molecule has 3 aromatic rings. The van der Waals surface area contributed by atoms with Gasteiger partial charge in [0.25, 0.3) is 0 Å². The number of alkyl halides is 3. The Labute approximate surface area is 155 Å². The average Bonchev–Trinajstić information content (AvgIpc) is 3.12. The van der Waals surface area contributed by atoms with E-state index in [9.17, 15) is 26.7 Å². The lowest BCUT2D eigenvalue weighted by Gasteiger charge is -2.06. The third kappa shape index (κ3) is 4.51. The Balaban J connectivity index is 1.65. The zero-order valence-electron chi connectivity index (χ0n) is 14.1. The lowest BCUT2D eigenvalue weighted by atomic mass is 10.1. The third-order valence-electron chi connectivity index (χ3n) is 3.71. The van der Waals surface area contributed by atoms with Crippen LogP contribution in [0.5, 0.6) is 0 Å². The molecule has 0 radical (unpaired) electrons. The molecule has 1 aromatic heterocycles. The number of benzene rings is 2. The molecule has 146 valence electrons. The molecular formula is C18H12F5N3O2. The molecule has 1 amide bonds. The van der Waals surface area contributed by atoms with Crippen LogP contribution in [0.2, 0.25) is 0 Å². The van der Waals surface area contributed by atoms with E-state index in [0.717, 1.165) is 30.3 Å². The normalized spacial score (nSPS) is 11.5. The summed E-state index contributed by atoms with van der Waals surface area (Å²) in [6.45, 7) is 0. The minimum Gasteiger partial charge on any atom is -0.339 e. The summed E-state index contributed by atoms with van der Waals surface area (Å²) in [5.74, 6) is -2.60. The lowest BCUT2D eigenvalue weighted by Crippen LogP contribution is -2.14. The van der Waals surface area contributed by atoms with Crippen molar-refractivity contribution in [3.63, 3.8) is 0 Å². The van der Waals surface area contributed by atoms with Gasteiger partial charge in [-0.25, -0.2) is 8.78 Å². The van der Waals surface area contributed by atoms with E-state index in [4.69, 9.17) is 4.52 Å². The Morgan fingerprint density at radius 2 is 1.75 bits per heavy atom. The summed E-state index contributed by atoms with van der Waals surface area (Å²) in [6, 6.07) is 7.55. The van der Waals surface area contributed by atoms with E-state index < -0.39 is 35.0 Å². The van der Waals surface area contributed by atoms with Crippen molar-refractivity contribution in [2.75, 3.05) is 5.32 Å². The van der Waals surface area contributed by atoms with Crippen LogP contribution < -0.4 is 5.32 Å². The highest BCUT2D eigenvalue weighted by Gasteiger charge is 2.30. The standard InChI is InChI=1S/C18H12F5N3O2/c19-12-5-2-6-13(20)16(12)24-14(27)7-8-15-25-17(26-28-15)10-3-1-4-11(9-10)18(21,22)23/h1-6,9H,7-8H2,(H,24,27). The zero-order valence-corrected chi connectivity index (χ0v) is 14.1. The fraction of sp³-hybridized carbons (Fsp3) is 0.167. The topological polar surface area (TPSA) is 68.0 Å². The van der Waals surface area contributed by atoms with Gasteiger partial charge in [-0.1, -0.05) is 23.4 Å². The summed E-state index contributed by atoms with van der Waals surface area (Å²) in [4.78, 5) is 15.8. The van der Waals surface area contributed by atoms with Gasteiger partial charge in [-0.3, -0.25) is 4.79 Å². The number of carbonyl (C=O) groups excluding carboxylic acids is 1. The van der Waals surface area contributed by atoms with Gasteiger partial charge in [0.1, 0.15) is 17.3 Å². The molecule has 0 bridgehead atoms. The first-order valence-electron chi connectivity index (χ1n) is 7.98. The molecular weight excluding hydrogens is 385 g/mol. The summed E-state index contributed by atoms with van der Waals surface area (Å²) >= 11 is 0. The van der Waals surface area contributed by atoms with E-state index in [-0.39, 0.29) is 30.1 Å². The van der Waals surface area contributed by atoms with Gasteiger partial charge in [0, 0.05) is 18.4 Å². The predicted octanol–water partition coefficient (Wildman–Crippen LogP) is 4.60. The maximum atomic E-state index is 13.5. The first-order valence-corrected chi connectivity index (χ1v) is 7.98. The number of amides is 1. The molecule has 3 rings (SSSR count). The molecule has 0 aliphatic carbocycles. The van der Waals surface area contributed by atoms with Crippen molar-refractivity contribution < 1.29 is 31.3 Å². The van der Waals surface area contributed by atoms with E-state index in [0.29, 0.717) is 0 Å². The number of carbonyl (C=O) groups is 1. The molecule has 0 fully saturated rings. The second kappa shape index (κ2) is 7.75. The smallest absolute Gasteiger partial charge is 0.339 e. The fourth-order valence-corrected chi connectivity index (χ4v) is 2.35. The Morgan fingerprint density at radius 1 is 1.07 bits per heavy atom. The van der Waals surface area contributed by atoms with Crippen molar-refractivity contribution >= 4 is 11.6 Å². The van der Waals surface area contributed by atoms with Crippen LogP contribution in [0.3, 0.4) is 0 Å². The molecule has 0 aliphatic heterocycles. The van der Waals surface area contributed by atoms with Gasteiger partial charge >= 0.3 is 6.18 Å².